The Kier molecular flexibility index (Phi) is 13.2. The van der Waals surface area contributed by atoms with Crippen LogP contribution in [0.3, 0.4) is 0 Å². The van der Waals surface area contributed by atoms with Gasteiger partial charge in [-0.05, 0) is 30.7 Å². The lowest BCUT2D eigenvalue weighted by atomic mass is 10.1. The monoisotopic (exact) mass is 293 g/mol. The van der Waals surface area contributed by atoms with E-state index in [9.17, 15) is 0 Å². The summed E-state index contributed by atoms with van der Waals surface area (Å²) in [6.45, 7) is 3.03. The second-order valence-electron chi connectivity index (χ2n) is 4.92. The van der Waals surface area contributed by atoms with Crippen molar-refractivity contribution in [3.8, 4) is 17.8 Å². The first kappa shape index (κ1) is 19.1. The number of nitrogens with zero attached hydrogens (tertiary/aromatic N) is 1. The third-order valence-corrected chi connectivity index (χ3v) is 3.10. The van der Waals surface area contributed by atoms with Crippen molar-refractivity contribution in [1.82, 2.24) is 0 Å². The number of aliphatic hydroxyl groups is 1. The van der Waals surface area contributed by atoms with Crippen molar-refractivity contribution in [2.45, 2.75) is 58.3 Å². The number of ether oxygens (including phenoxy) is 1. The lowest BCUT2D eigenvalue weighted by Crippen LogP contribution is -1.96. The molecule has 1 rings (SSSR count). The molecule has 118 valence electrons. The molecule has 0 fully saturated rings. The van der Waals surface area contributed by atoms with Gasteiger partial charge in [0.1, 0.15) is 11.5 Å². The van der Waals surface area contributed by atoms with Crippen LogP contribution in [0.5, 0.6) is 11.5 Å². The smallest absolute Gasteiger partial charge is 0.283 e. The van der Waals surface area contributed by atoms with Gasteiger partial charge in [-0.15, -0.1) is 0 Å². The fraction of sp³-hybridized carbons (Fsp3) is 0.588. The predicted molar refractivity (Wildman–Crippen MR) is 83.8 cm³/mol. The molecule has 0 saturated carbocycles. The summed E-state index contributed by atoms with van der Waals surface area (Å²) in [5.41, 5.74) is 0. The van der Waals surface area contributed by atoms with Crippen LogP contribution in [0.4, 0.5) is 0 Å². The highest BCUT2D eigenvalue weighted by Crippen LogP contribution is 2.16. The Hall–Kier alpha value is -1.89. The fourth-order valence-electron chi connectivity index (χ4n) is 1.97. The topological polar surface area (TPSA) is 73.5 Å². The van der Waals surface area contributed by atoms with Crippen LogP contribution in [-0.2, 0) is 0 Å². The highest BCUT2D eigenvalue weighted by molar-refractivity contribution is 5.29. The molecule has 0 aromatic heterocycles. The molecule has 1 aromatic carbocycles. The maximum Gasteiger partial charge on any atom is 0.283 e. The van der Waals surface area contributed by atoms with Crippen molar-refractivity contribution >= 4 is 0 Å². The zero-order chi connectivity index (χ0) is 15.8. The molecule has 0 aliphatic heterocycles. The summed E-state index contributed by atoms with van der Waals surface area (Å²) in [5.74, 6) is 1.13. The maximum atomic E-state index is 9.13. The molecule has 2 N–H and O–H groups in total. The van der Waals surface area contributed by atoms with Gasteiger partial charge in [-0.1, -0.05) is 51.9 Å². The van der Waals surface area contributed by atoms with Gasteiger partial charge in [0.05, 0.1) is 6.61 Å². The number of nitriles is 1. The minimum atomic E-state index is 0.287. The largest absolute Gasteiger partial charge is 0.508 e. The van der Waals surface area contributed by atoms with Gasteiger partial charge in [-0.25, -0.2) is 0 Å². The van der Waals surface area contributed by atoms with Crippen LogP contribution in [0.1, 0.15) is 58.3 Å². The fourth-order valence-corrected chi connectivity index (χ4v) is 1.97. The number of hydrogen-bond acceptors (Lipinski definition) is 4. The van der Waals surface area contributed by atoms with Gasteiger partial charge in [0, 0.05) is 0 Å². The molecule has 21 heavy (non-hydrogen) atoms. The van der Waals surface area contributed by atoms with E-state index in [1.54, 1.807) is 24.3 Å². The molecule has 0 amide bonds. The van der Waals surface area contributed by atoms with Crippen molar-refractivity contribution < 1.29 is 14.9 Å². The lowest BCUT2D eigenvalue weighted by Gasteiger charge is -2.06. The number of rotatable bonds is 10. The summed E-state index contributed by atoms with van der Waals surface area (Å²) < 4.78 is 5.59. The van der Waals surface area contributed by atoms with Crippen LogP contribution in [0, 0.1) is 11.5 Å². The average molecular weight is 293 g/mol. The second kappa shape index (κ2) is 14.5. The van der Waals surface area contributed by atoms with Crippen molar-refractivity contribution in [3.05, 3.63) is 24.3 Å². The molecule has 0 heterocycles. The number of aromatic hydroxyl groups is 1. The third-order valence-electron chi connectivity index (χ3n) is 3.10. The number of hydrogen-bond donors (Lipinski definition) is 2. The molecular formula is C17H27NO3. The van der Waals surface area contributed by atoms with E-state index in [1.807, 2.05) is 0 Å². The molecule has 0 aliphatic carbocycles. The summed E-state index contributed by atoms with van der Waals surface area (Å²) in [6, 6.07) is 6.92. The Morgan fingerprint density at radius 1 is 0.952 bits per heavy atom. The van der Waals surface area contributed by atoms with E-state index in [4.69, 9.17) is 20.2 Å². The van der Waals surface area contributed by atoms with E-state index >= 15 is 0 Å². The molecule has 0 radical (unpaired) electrons. The van der Waals surface area contributed by atoms with Gasteiger partial charge in [-0.3, -0.25) is 0 Å². The molecular weight excluding hydrogens is 266 g/mol. The van der Waals surface area contributed by atoms with Gasteiger partial charge < -0.3 is 14.9 Å². The number of phenolic OH excluding ortho intramolecular Hbond substituents is 1. The van der Waals surface area contributed by atoms with E-state index in [1.165, 1.54) is 44.9 Å². The zero-order valence-electron chi connectivity index (χ0n) is 12.9. The first-order chi connectivity index (χ1) is 10.2. The first-order valence-corrected chi connectivity index (χ1v) is 7.69. The Morgan fingerprint density at radius 2 is 1.43 bits per heavy atom. The molecule has 0 bridgehead atoms. The highest BCUT2D eigenvalue weighted by atomic mass is 16.5. The van der Waals surface area contributed by atoms with Gasteiger partial charge in [0.25, 0.3) is 6.26 Å². The normalized spacial score (nSPS) is 9.33. The summed E-state index contributed by atoms with van der Waals surface area (Å²) in [5, 5.41) is 22.9. The Labute approximate surface area is 128 Å². The van der Waals surface area contributed by atoms with Crippen LogP contribution in [0.15, 0.2) is 24.3 Å². The summed E-state index contributed by atoms with van der Waals surface area (Å²) in [4.78, 5) is 0. The van der Waals surface area contributed by atoms with Crippen LogP contribution in [0.25, 0.3) is 0 Å². The van der Waals surface area contributed by atoms with Gasteiger partial charge >= 0.3 is 0 Å². The summed E-state index contributed by atoms with van der Waals surface area (Å²) in [6.07, 6.45) is 11.3. The number of unbranched alkanes of at least 4 members (excludes halogenated alkanes) is 7. The van der Waals surface area contributed by atoms with E-state index in [0.29, 0.717) is 0 Å². The Bertz CT molecular complexity index is 371. The van der Waals surface area contributed by atoms with E-state index in [-0.39, 0.29) is 5.75 Å². The van der Waals surface area contributed by atoms with Crippen molar-refractivity contribution in [2.24, 2.45) is 0 Å². The number of phenols is 1. The van der Waals surface area contributed by atoms with Crippen LogP contribution in [-0.4, -0.2) is 16.8 Å². The minimum absolute atomic E-state index is 0.287. The summed E-state index contributed by atoms with van der Waals surface area (Å²) in [7, 11) is 0. The van der Waals surface area contributed by atoms with Crippen molar-refractivity contribution in [1.29, 1.82) is 5.26 Å². The molecule has 0 aliphatic rings. The molecule has 4 nitrogen and oxygen atoms in total. The SMILES string of the molecule is CCCCCCCCCCOc1ccc(O)cc1.N#CO. The number of aliphatic hydroxyl groups excluding tert-OH is 1. The molecule has 0 saturated heterocycles. The van der Waals surface area contributed by atoms with E-state index in [0.717, 1.165) is 25.0 Å². The van der Waals surface area contributed by atoms with Gasteiger partial charge in [-0.2, -0.15) is 5.26 Å². The molecule has 1 aromatic rings. The highest BCUT2D eigenvalue weighted by Gasteiger charge is 1.95. The first-order valence-electron chi connectivity index (χ1n) is 7.69. The molecule has 0 spiro atoms. The molecule has 0 atom stereocenters. The van der Waals surface area contributed by atoms with Gasteiger partial charge in [0.2, 0.25) is 0 Å². The van der Waals surface area contributed by atoms with Gasteiger partial charge in [0.15, 0.2) is 0 Å². The van der Waals surface area contributed by atoms with Crippen molar-refractivity contribution in [2.75, 3.05) is 6.61 Å². The second-order valence-corrected chi connectivity index (χ2v) is 4.92. The Morgan fingerprint density at radius 3 is 1.95 bits per heavy atom. The standard InChI is InChI=1S/C16H26O2.CHNO/c1-2-3-4-5-6-7-8-9-14-18-16-12-10-15(17)11-13-16;2-1-3/h10-13,17H,2-9,14H2,1H3;3H. The molecule has 0 unspecified atom stereocenters. The minimum Gasteiger partial charge on any atom is -0.508 e. The van der Waals surface area contributed by atoms with E-state index in [2.05, 4.69) is 6.92 Å². The van der Waals surface area contributed by atoms with Crippen LogP contribution >= 0.6 is 0 Å². The predicted octanol–water partition coefficient (Wildman–Crippen LogP) is 4.75. The van der Waals surface area contributed by atoms with E-state index < -0.39 is 0 Å². The summed E-state index contributed by atoms with van der Waals surface area (Å²) >= 11 is 0. The Balaban J connectivity index is 0.00000122. The van der Waals surface area contributed by atoms with Crippen LogP contribution < -0.4 is 4.74 Å². The lowest BCUT2D eigenvalue weighted by molar-refractivity contribution is 0.304. The molecule has 4 heteroatoms. The number of benzene rings is 1. The zero-order valence-corrected chi connectivity index (χ0v) is 12.9. The van der Waals surface area contributed by atoms with Crippen LogP contribution in [0.2, 0.25) is 0 Å². The maximum absolute atomic E-state index is 9.13. The van der Waals surface area contributed by atoms with Crippen molar-refractivity contribution in [3.63, 3.8) is 0 Å². The average Bonchev–Trinajstić information content (AvgIpc) is 2.48. The third kappa shape index (κ3) is 12.9. The quantitative estimate of drug-likeness (QED) is 0.482.